The van der Waals surface area contributed by atoms with E-state index in [9.17, 15) is 9.18 Å². The number of hydrogen-bond acceptors (Lipinski definition) is 5. The normalized spacial score (nSPS) is 11.0. The smallest absolute Gasteiger partial charge is 0.287 e. The quantitative estimate of drug-likeness (QED) is 0.363. The largest absolute Gasteiger partial charge is 0.497 e. The highest BCUT2D eigenvalue weighted by molar-refractivity contribution is 5.91. The Morgan fingerprint density at radius 1 is 0.939 bits per heavy atom. The van der Waals surface area contributed by atoms with Crippen LogP contribution in [0.2, 0.25) is 0 Å². The second kappa shape index (κ2) is 10.7. The van der Waals surface area contributed by atoms with Crippen LogP contribution in [0.25, 0.3) is 0 Å². The van der Waals surface area contributed by atoms with Gasteiger partial charge in [0.25, 0.3) is 5.91 Å². The van der Waals surface area contributed by atoms with Crippen molar-refractivity contribution in [3.8, 4) is 5.75 Å². The SMILES string of the molecule is COc1cccc(CN(Cc2cccc(F)c2)Cc2ccc(C(=O)NCc3ccco3)o2)c1. The van der Waals surface area contributed by atoms with E-state index in [4.69, 9.17) is 13.6 Å². The molecule has 0 fully saturated rings. The number of carbonyl (C=O) groups excluding carboxylic acids is 1. The number of carbonyl (C=O) groups is 1. The molecule has 0 aliphatic rings. The zero-order chi connectivity index (χ0) is 23.0. The van der Waals surface area contributed by atoms with Gasteiger partial charge >= 0.3 is 0 Å². The summed E-state index contributed by atoms with van der Waals surface area (Å²) in [5.74, 6) is 1.70. The zero-order valence-electron chi connectivity index (χ0n) is 18.3. The minimum atomic E-state index is -0.317. The number of methoxy groups -OCH3 is 1. The maximum absolute atomic E-state index is 13.7. The van der Waals surface area contributed by atoms with Gasteiger partial charge in [0.2, 0.25) is 0 Å². The molecule has 7 heteroatoms. The summed E-state index contributed by atoms with van der Waals surface area (Å²) in [7, 11) is 1.63. The fraction of sp³-hybridized carbons (Fsp3) is 0.192. The predicted octanol–water partition coefficient (Wildman–Crippen LogP) is 5.15. The monoisotopic (exact) mass is 448 g/mol. The van der Waals surface area contributed by atoms with Crippen molar-refractivity contribution < 1.29 is 22.8 Å². The highest BCUT2D eigenvalue weighted by Gasteiger charge is 2.15. The first-order chi connectivity index (χ1) is 16.1. The van der Waals surface area contributed by atoms with Gasteiger partial charge in [-0.05, 0) is 59.7 Å². The Hall–Kier alpha value is -3.84. The lowest BCUT2D eigenvalue weighted by Crippen LogP contribution is -2.23. The lowest BCUT2D eigenvalue weighted by Gasteiger charge is -2.22. The van der Waals surface area contributed by atoms with E-state index in [2.05, 4.69) is 10.2 Å². The van der Waals surface area contributed by atoms with Gasteiger partial charge in [-0.15, -0.1) is 0 Å². The van der Waals surface area contributed by atoms with Crippen LogP contribution in [-0.4, -0.2) is 17.9 Å². The summed E-state index contributed by atoms with van der Waals surface area (Å²) in [4.78, 5) is 14.5. The van der Waals surface area contributed by atoms with E-state index in [1.807, 2.05) is 30.3 Å². The van der Waals surface area contributed by atoms with E-state index in [-0.39, 0.29) is 24.0 Å². The summed E-state index contributed by atoms with van der Waals surface area (Å²) in [6.45, 7) is 1.83. The molecule has 6 nitrogen and oxygen atoms in total. The van der Waals surface area contributed by atoms with Crippen molar-refractivity contribution in [2.45, 2.75) is 26.2 Å². The van der Waals surface area contributed by atoms with Crippen LogP contribution in [0.1, 0.15) is 33.2 Å². The summed E-state index contributed by atoms with van der Waals surface area (Å²) in [5.41, 5.74) is 1.90. The summed E-state index contributed by atoms with van der Waals surface area (Å²) in [5, 5.41) is 2.77. The molecule has 0 radical (unpaired) electrons. The fourth-order valence-electron chi connectivity index (χ4n) is 3.56. The van der Waals surface area contributed by atoms with Crippen molar-refractivity contribution >= 4 is 5.91 Å². The Bertz CT molecular complexity index is 1190. The van der Waals surface area contributed by atoms with Crippen LogP contribution < -0.4 is 10.1 Å². The molecule has 0 unspecified atom stereocenters. The maximum atomic E-state index is 13.7. The topological polar surface area (TPSA) is 67.8 Å². The molecule has 0 spiro atoms. The second-order valence-electron chi connectivity index (χ2n) is 7.65. The molecule has 0 bridgehead atoms. The number of nitrogens with one attached hydrogen (secondary N) is 1. The Morgan fingerprint density at radius 3 is 2.45 bits per heavy atom. The first-order valence-electron chi connectivity index (χ1n) is 10.6. The Kier molecular flexibility index (Phi) is 7.22. The Morgan fingerprint density at radius 2 is 1.73 bits per heavy atom. The molecule has 0 saturated heterocycles. The highest BCUT2D eigenvalue weighted by Crippen LogP contribution is 2.19. The lowest BCUT2D eigenvalue weighted by atomic mass is 10.1. The molecular weight excluding hydrogens is 423 g/mol. The first-order valence-corrected chi connectivity index (χ1v) is 10.6. The third kappa shape index (κ3) is 6.33. The van der Waals surface area contributed by atoms with Crippen molar-refractivity contribution in [3.05, 3.63) is 113 Å². The summed E-state index contributed by atoms with van der Waals surface area (Å²) >= 11 is 0. The van der Waals surface area contributed by atoms with Crippen molar-refractivity contribution in [3.63, 3.8) is 0 Å². The van der Waals surface area contributed by atoms with E-state index in [0.29, 0.717) is 31.2 Å². The third-order valence-electron chi connectivity index (χ3n) is 5.10. The number of amides is 1. The molecule has 0 saturated carbocycles. The number of hydrogen-bond donors (Lipinski definition) is 1. The minimum absolute atomic E-state index is 0.226. The number of benzene rings is 2. The minimum Gasteiger partial charge on any atom is -0.497 e. The van der Waals surface area contributed by atoms with Gasteiger partial charge in [-0.3, -0.25) is 9.69 Å². The molecule has 1 amide bonds. The summed E-state index contributed by atoms with van der Waals surface area (Å²) < 4.78 is 30.1. The number of rotatable bonds is 10. The van der Waals surface area contributed by atoms with Gasteiger partial charge in [-0.1, -0.05) is 24.3 Å². The maximum Gasteiger partial charge on any atom is 0.287 e. The summed E-state index contributed by atoms with van der Waals surface area (Å²) in [6, 6.07) is 21.3. The van der Waals surface area contributed by atoms with Crippen LogP contribution in [0.4, 0.5) is 4.39 Å². The van der Waals surface area contributed by atoms with Crippen LogP contribution in [-0.2, 0) is 26.2 Å². The van der Waals surface area contributed by atoms with Gasteiger partial charge in [0.15, 0.2) is 5.76 Å². The van der Waals surface area contributed by atoms with Crippen molar-refractivity contribution in [2.24, 2.45) is 0 Å². The molecule has 2 aromatic carbocycles. The van der Waals surface area contributed by atoms with Gasteiger partial charge in [0.1, 0.15) is 23.1 Å². The van der Waals surface area contributed by atoms with Crippen LogP contribution >= 0.6 is 0 Å². The molecule has 2 heterocycles. The molecule has 33 heavy (non-hydrogen) atoms. The van der Waals surface area contributed by atoms with E-state index in [1.165, 1.54) is 12.1 Å². The molecule has 2 aromatic heterocycles. The Labute approximate surface area is 191 Å². The molecule has 4 aromatic rings. The standard InChI is InChI=1S/C26H25FN2O4/c1-31-22-8-3-6-20(14-22)17-29(16-19-5-2-7-21(27)13-19)18-24-10-11-25(33-24)26(30)28-15-23-9-4-12-32-23/h2-14H,15-18H2,1H3,(H,28,30). The molecule has 1 N–H and O–H groups in total. The average molecular weight is 448 g/mol. The van der Waals surface area contributed by atoms with Crippen molar-refractivity contribution in [2.75, 3.05) is 7.11 Å². The summed E-state index contributed by atoms with van der Waals surface area (Å²) in [6.07, 6.45) is 1.56. The van der Waals surface area contributed by atoms with E-state index < -0.39 is 0 Å². The van der Waals surface area contributed by atoms with E-state index in [1.54, 1.807) is 43.7 Å². The second-order valence-corrected chi connectivity index (χ2v) is 7.65. The average Bonchev–Trinajstić information content (AvgIpc) is 3.50. The van der Waals surface area contributed by atoms with Crippen LogP contribution in [0, 0.1) is 5.82 Å². The predicted molar refractivity (Wildman–Crippen MR) is 121 cm³/mol. The number of furan rings is 2. The van der Waals surface area contributed by atoms with Crippen LogP contribution in [0.3, 0.4) is 0 Å². The molecule has 4 rings (SSSR count). The van der Waals surface area contributed by atoms with Crippen molar-refractivity contribution in [1.82, 2.24) is 10.2 Å². The molecule has 170 valence electrons. The van der Waals surface area contributed by atoms with Crippen LogP contribution in [0.15, 0.2) is 87.9 Å². The highest BCUT2D eigenvalue weighted by atomic mass is 19.1. The van der Waals surface area contributed by atoms with Crippen LogP contribution in [0.5, 0.6) is 5.75 Å². The number of ether oxygens (including phenoxy) is 1. The first kappa shape index (κ1) is 22.4. The van der Waals surface area contributed by atoms with Gasteiger partial charge < -0.3 is 18.9 Å². The molecule has 0 atom stereocenters. The molecule has 0 aliphatic heterocycles. The fourth-order valence-corrected chi connectivity index (χ4v) is 3.56. The van der Waals surface area contributed by atoms with E-state index in [0.717, 1.165) is 16.9 Å². The Balaban J connectivity index is 1.46. The number of halogens is 1. The molecular formula is C26H25FN2O4. The van der Waals surface area contributed by atoms with Gasteiger partial charge in [0, 0.05) is 13.1 Å². The lowest BCUT2D eigenvalue weighted by molar-refractivity contribution is 0.0915. The van der Waals surface area contributed by atoms with E-state index >= 15 is 0 Å². The van der Waals surface area contributed by atoms with Gasteiger partial charge in [0.05, 0.1) is 26.5 Å². The van der Waals surface area contributed by atoms with Gasteiger partial charge in [-0.2, -0.15) is 0 Å². The van der Waals surface area contributed by atoms with Gasteiger partial charge in [-0.25, -0.2) is 4.39 Å². The number of nitrogens with zero attached hydrogens (tertiary/aromatic N) is 1. The third-order valence-corrected chi connectivity index (χ3v) is 5.10. The van der Waals surface area contributed by atoms with Crippen molar-refractivity contribution in [1.29, 1.82) is 0 Å². The zero-order valence-corrected chi connectivity index (χ0v) is 18.3. The molecule has 0 aliphatic carbocycles.